The number of pyridine rings is 1. The second-order valence-electron chi connectivity index (χ2n) is 3.41. The van der Waals surface area contributed by atoms with Crippen molar-refractivity contribution in [1.29, 1.82) is 0 Å². The maximum Gasteiger partial charge on any atom is 0.0679 e. The first kappa shape index (κ1) is 8.94. The van der Waals surface area contributed by atoms with E-state index in [0.717, 1.165) is 11.4 Å². The summed E-state index contributed by atoms with van der Waals surface area (Å²) in [5, 5.41) is 4.47. The molecule has 2 aromatic rings. The van der Waals surface area contributed by atoms with Crippen molar-refractivity contribution in [1.82, 2.24) is 14.8 Å². The van der Waals surface area contributed by atoms with Crippen LogP contribution in [0.25, 0.3) is 5.69 Å². The van der Waals surface area contributed by atoms with Gasteiger partial charge in [-0.15, -0.1) is 0 Å². The van der Waals surface area contributed by atoms with Crippen LogP contribution in [0.1, 0.15) is 17.0 Å². The van der Waals surface area contributed by atoms with Crippen LogP contribution in [0.5, 0.6) is 0 Å². The lowest BCUT2D eigenvalue weighted by Crippen LogP contribution is -1.98. The minimum Gasteiger partial charge on any atom is -0.265 e. The number of aromatic nitrogens is 3. The highest BCUT2D eigenvalue weighted by Crippen LogP contribution is 2.15. The molecular weight excluding hydrogens is 174 g/mol. The minimum absolute atomic E-state index is 1.06. The Morgan fingerprint density at radius 1 is 1.07 bits per heavy atom. The fourth-order valence-corrected chi connectivity index (χ4v) is 1.46. The molecule has 0 aliphatic heterocycles. The molecule has 0 aliphatic rings. The molecule has 0 spiro atoms. The Kier molecular flexibility index (Phi) is 2.08. The number of hydrogen-bond donors (Lipinski definition) is 0. The first-order chi connectivity index (χ1) is 6.70. The second-order valence-corrected chi connectivity index (χ2v) is 3.41. The minimum atomic E-state index is 1.06. The Hall–Kier alpha value is -1.64. The van der Waals surface area contributed by atoms with E-state index in [1.165, 1.54) is 11.3 Å². The number of rotatable bonds is 1. The summed E-state index contributed by atoms with van der Waals surface area (Å²) in [5.74, 6) is 0. The highest BCUT2D eigenvalue weighted by Gasteiger charge is 2.07. The van der Waals surface area contributed by atoms with Crippen molar-refractivity contribution in [3.8, 4) is 5.69 Å². The molecule has 0 saturated carbocycles. The lowest BCUT2D eigenvalue weighted by atomic mass is 10.2. The summed E-state index contributed by atoms with van der Waals surface area (Å²) in [7, 11) is 0. The molecule has 0 unspecified atom stereocenters. The van der Waals surface area contributed by atoms with Crippen molar-refractivity contribution in [2.24, 2.45) is 0 Å². The predicted molar refractivity (Wildman–Crippen MR) is 55.6 cm³/mol. The van der Waals surface area contributed by atoms with Gasteiger partial charge >= 0.3 is 0 Å². The third kappa shape index (κ3) is 1.31. The van der Waals surface area contributed by atoms with Crippen molar-refractivity contribution in [2.75, 3.05) is 0 Å². The van der Waals surface area contributed by atoms with Gasteiger partial charge in [0.05, 0.1) is 11.4 Å². The Morgan fingerprint density at radius 3 is 2.21 bits per heavy atom. The third-order valence-corrected chi connectivity index (χ3v) is 2.56. The van der Waals surface area contributed by atoms with Crippen LogP contribution in [0.3, 0.4) is 0 Å². The van der Waals surface area contributed by atoms with Crippen molar-refractivity contribution in [2.45, 2.75) is 20.8 Å². The van der Waals surface area contributed by atoms with E-state index in [1.807, 2.05) is 23.7 Å². The van der Waals surface area contributed by atoms with Crippen LogP contribution in [0, 0.1) is 20.8 Å². The molecule has 0 fully saturated rings. The van der Waals surface area contributed by atoms with Crippen LogP contribution in [-0.4, -0.2) is 14.8 Å². The van der Waals surface area contributed by atoms with Crippen LogP contribution in [-0.2, 0) is 0 Å². The van der Waals surface area contributed by atoms with Gasteiger partial charge in [0, 0.05) is 18.1 Å². The highest BCUT2D eigenvalue weighted by molar-refractivity contribution is 5.34. The molecule has 0 aliphatic carbocycles. The molecular formula is C11H13N3. The zero-order chi connectivity index (χ0) is 10.1. The molecule has 2 heterocycles. The van der Waals surface area contributed by atoms with Gasteiger partial charge in [0.15, 0.2) is 0 Å². The zero-order valence-corrected chi connectivity index (χ0v) is 8.65. The summed E-state index contributed by atoms with van der Waals surface area (Å²) in [4.78, 5) is 3.99. The average molecular weight is 187 g/mol. The Balaban J connectivity index is 2.58. The van der Waals surface area contributed by atoms with Crippen LogP contribution < -0.4 is 0 Å². The highest BCUT2D eigenvalue weighted by atomic mass is 15.3. The standard InChI is InChI=1S/C11H13N3/c1-8-9(2)13-14(10(8)3)11-4-6-12-7-5-11/h4-7H,1-3H3. The van der Waals surface area contributed by atoms with Crippen molar-refractivity contribution < 1.29 is 0 Å². The van der Waals surface area contributed by atoms with E-state index in [1.54, 1.807) is 12.4 Å². The summed E-state index contributed by atoms with van der Waals surface area (Å²) in [6.07, 6.45) is 3.56. The lowest BCUT2D eigenvalue weighted by Gasteiger charge is -2.02. The van der Waals surface area contributed by atoms with Crippen LogP contribution in [0.4, 0.5) is 0 Å². The van der Waals surface area contributed by atoms with E-state index in [4.69, 9.17) is 0 Å². The molecule has 0 bridgehead atoms. The van der Waals surface area contributed by atoms with Gasteiger partial charge < -0.3 is 0 Å². The van der Waals surface area contributed by atoms with E-state index >= 15 is 0 Å². The van der Waals surface area contributed by atoms with E-state index in [9.17, 15) is 0 Å². The predicted octanol–water partition coefficient (Wildman–Crippen LogP) is 2.19. The largest absolute Gasteiger partial charge is 0.265 e. The summed E-state index contributed by atoms with van der Waals surface area (Å²) in [6.45, 7) is 6.20. The molecule has 2 rings (SSSR count). The quantitative estimate of drug-likeness (QED) is 0.685. The number of aryl methyl sites for hydroxylation is 1. The smallest absolute Gasteiger partial charge is 0.0679 e. The molecule has 0 aromatic carbocycles. The van der Waals surface area contributed by atoms with Gasteiger partial charge in [0.1, 0.15) is 0 Å². The second kappa shape index (κ2) is 3.25. The molecule has 2 aromatic heterocycles. The molecule has 0 amide bonds. The maximum absolute atomic E-state index is 4.47. The normalized spacial score (nSPS) is 10.5. The molecule has 3 nitrogen and oxygen atoms in total. The van der Waals surface area contributed by atoms with E-state index < -0.39 is 0 Å². The van der Waals surface area contributed by atoms with E-state index in [0.29, 0.717) is 0 Å². The van der Waals surface area contributed by atoms with E-state index in [-0.39, 0.29) is 0 Å². The molecule has 0 radical (unpaired) electrons. The van der Waals surface area contributed by atoms with Gasteiger partial charge in [-0.2, -0.15) is 5.10 Å². The summed E-state index contributed by atoms with van der Waals surface area (Å²) >= 11 is 0. The molecule has 72 valence electrons. The van der Waals surface area contributed by atoms with Gasteiger partial charge in [-0.3, -0.25) is 4.98 Å². The fourth-order valence-electron chi connectivity index (χ4n) is 1.46. The van der Waals surface area contributed by atoms with Gasteiger partial charge in [0.25, 0.3) is 0 Å². The van der Waals surface area contributed by atoms with Crippen molar-refractivity contribution >= 4 is 0 Å². The summed E-state index contributed by atoms with van der Waals surface area (Å²) < 4.78 is 1.95. The molecule has 14 heavy (non-hydrogen) atoms. The van der Waals surface area contributed by atoms with Gasteiger partial charge in [-0.25, -0.2) is 4.68 Å². The van der Waals surface area contributed by atoms with E-state index in [2.05, 4.69) is 23.9 Å². The first-order valence-corrected chi connectivity index (χ1v) is 4.63. The van der Waals surface area contributed by atoms with Crippen molar-refractivity contribution in [3.05, 3.63) is 41.5 Å². The number of nitrogens with zero attached hydrogens (tertiary/aromatic N) is 3. The lowest BCUT2D eigenvalue weighted by molar-refractivity contribution is 0.831. The van der Waals surface area contributed by atoms with Crippen molar-refractivity contribution in [3.63, 3.8) is 0 Å². The number of hydrogen-bond acceptors (Lipinski definition) is 2. The van der Waals surface area contributed by atoms with Crippen LogP contribution in [0.2, 0.25) is 0 Å². The van der Waals surface area contributed by atoms with Crippen LogP contribution >= 0.6 is 0 Å². The topological polar surface area (TPSA) is 30.7 Å². The molecule has 0 saturated heterocycles. The first-order valence-electron chi connectivity index (χ1n) is 4.63. The Morgan fingerprint density at radius 2 is 1.71 bits per heavy atom. The van der Waals surface area contributed by atoms with Gasteiger partial charge in [-0.1, -0.05) is 0 Å². The van der Waals surface area contributed by atoms with Gasteiger partial charge in [0.2, 0.25) is 0 Å². The fraction of sp³-hybridized carbons (Fsp3) is 0.273. The van der Waals surface area contributed by atoms with Crippen LogP contribution in [0.15, 0.2) is 24.5 Å². The maximum atomic E-state index is 4.47. The average Bonchev–Trinajstić information content (AvgIpc) is 2.47. The summed E-state index contributed by atoms with van der Waals surface area (Å²) in [6, 6.07) is 3.91. The monoisotopic (exact) mass is 187 g/mol. The zero-order valence-electron chi connectivity index (χ0n) is 8.65. The Bertz CT molecular complexity index is 443. The molecule has 3 heteroatoms. The molecule has 0 N–H and O–H groups in total. The third-order valence-electron chi connectivity index (χ3n) is 2.56. The van der Waals surface area contributed by atoms with Gasteiger partial charge in [-0.05, 0) is 38.5 Å². The Labute approximate surface area is 83.4 Å². The SMILES string of the molecule is Cc1nn(-c2ccncc2)c(C)c1C. The summed E-state index contributed by atoms with van der Waals surface area (Å²) in [5.41, 5.74) is 4.59. The molecule has 0 atom stereocenters.